The van der Waals surface area contributed by atoms with E-state index in [2.05, 4.69) is 10.0 Å². The average Bonchev–Trinajstić information content (AvgIpc) is 3.24. The molecule has 6 nitrogen and oxygen atoms in total. The zero-order valence-corrected chi connectivity index (χ0v) is 13.6. The second-order valence-electron chi connectivity index (χ2n) is 5.01. The van der Waals surface area contributed by atoms with Crippen molar-refractivity contribution < 1.29 is 18.3 Å². The summed E-state index contributed by atoms with van der Waals surface area (Å²) in [5.41, 5.74) is 0. The topological polar surface area (TPSA) is 95.5 Å². The van der Waals surface area contributed by atoms with E-state index in [-0.39, 0.29) is 24.1 Å². The monoisotopic (exact) mass is 324 g/mol. The Morgan fingerprint density at radius 3 is 2.60 bits per heavy atom. The molecule has 0 aliphatic heterocycles. The quantitative estimate of drug-likeness (QED) is 0.523. The highest BCUT2D eigenvalue weighted by Gasteiger charge is 2.30. The minimum atomic E-state index is -3.42. The smallest absolute Gasteiger partial charge is 0.238 e. The van der Waals surface area contributed by atoms with Crippen LogP contribution >= 0.6 is 11.8 Å². The third-order valence-electron chi connectivity index (χ3n) is 3.28. The molecule has 0 aromatic rings. The highest BCUT2D eigenvalue weighted by molar-refractivity contribution is 7.98. The van der Waals surface area contributed by atoms with Gasteiger partial charge in [0.2, 0.25) is 15.9 Å². The van der Waals surface area contributed by atoms with E-state index >= 15 is 0 Å². The van der Waals surface area contributed by atoms with E-state index < -0.39 is 22.2 Å². The molecule has 1 aliphatic carbocycles. The molecule has 8 heteroatoms. The summed E-state index contributed by atoms with van der Waals surface area (Å²) < 4.78 is 25.6. The van der Waals surface area contributed by atoms with Gasteiger partial charge in [0.1, 0.15) is 6.04 Å². The fourth-order valence-corrected chi connectivity index (χ4v) is 3.05. The summed E-state index contributed by atoms with van der Waals surface area (Å²) in [5.74, 6) is 0.555. The molecule has 1 fully saturated rings. The summed E-state index contributed by atoms with van der Waals surface area (Å²) in [6.07, 6.45) is 3.80. The van der Waals surface area contributed by atoms with Gasteiger partial charge in [0.25, 0.3) is 0 Å². The van der Waals surface area contributed by atoms with Crippen LogP contribution in [0.25, 0.3) is 0 Å². The third-order valence-corrected chi connectivity index (χ3v) is 5.33. The van der Waals surface area contributed by atoms with Crippen LogP contribution in [0.2, 0.25) is 0 Å². The van der Waals surface area contributed by atoms with Crippen LogP contribution in [0.1, 0.15) is 26.2 Å². The minimum absolute atomic E-state index is 0.0548. The molecule has 3 N–H and O–H groups in total. The minimum Gasteiger partial charge on any atom is -0.391 e. The van der Waals surface area contributed by atoms with E-state index in [0.29, 0.717) is 12.2 Å². The van der Waals surface area contributed by atoms with E-state index in [1.807, 2.05) is 6.26 Å². The first kappa shape index (κ1) is 17.7. The molecule has 1 aliphatic rings. The zero-order chi connectivity index (χ0) is 15.2. The molecule has 0 spiro atoms. The van der Waals surface area contributed by atoms with E-state index in [1.54, 1.807) is 11.8 Å². The summed E-state index contributed by atoms with van der Waals surface area (Å²) in [6, 6.07) is -0.765. The number of nitrogens with one attached hydrogen (secondary N) is 2. The summed E-state index contributed by atoms with van der Waals surface area (Å²) in [7, 11) is -3.42. The third kappa shape index (κ3) is 6.43. The maximum atomic E-state index is 12.0. The molecule has 20 heavy (non-hydrogen) atoms. The summed E-state index contributed by atoms with van der Waals surface area (Å²) in [5, 5.41) is 12.4. The molecule has 2 unspecified atom stereocenters. The van der Waals surface area contributed by atoms with Gasteiger partial charge in [-0.25, -0.2) is 13.1 Å². The van der Waals surface area contributed by atoms with Crippen molar-refractivity contribution in [2.24, 2.45) is 5.92 Å². The lowest BCUT2D eigenvalue weighted by atomic mass is 10.2. The normalized spacial score (nSPS) is 18.6. The molecular formula is C12H24N2O4S2. The summed E-state index contributed by atoms with van der Waals surface area (Å²) in [4.78, 5) is 12.0. The van der Waals surface area contributed by atoms with Gasteiger partial charge in [0.15, 0.2) is 0 Å². The second-order valence-corrected chi connectivity index (χ2v) is 8.03. The van der Waals surface area contributed by atoms with Gasteiger partial charge >= 0.3 is 0 Å². The van der Waals surface area contributed by atoms with Crippen LogP contribution in [0, 0.1) is 5.92 Å². The van der Waals surface area contributed by atoms with E-state index in [9.17, 15) is 18.3 Å². The van der Waals surface area contributed by atoms with Crippen LogP contribution in [0.5, 0.6) is 0 Å². The lowest BCUT2D eigenvalue weighted by Gasteiger charge is -2.19. The van der Waals surface area contributed by atoms with Gasteiger partial charge in [-0.3, -0.25) is 4.79 Å². The lowest BCUT2D eigenvalue weighted by molar-refractivity contribution is -0.123. The Kier molecular flexibility index (Phi) is 7.28. The predicted molar refractivity (Wildman–Crippen MR) is 81.1 cm³/mol. The molecule has 1 amide bonds. The standard InChI is InChI=1S/C12H24N2O4S2/c1-3-20(17,18)14-10(6-7-19-2)12(16)13-8-11(15)9-4-5-9/h9-11,14-15H,3-8H2,1-2H3,(H,13,16). The van der Waals surface area contributed by atoms with Crippen LogP contribution in [-0.2, 0) is 14.8 Å². The highest BCUT2D eigenvalue weighted by Crippen LogP contribution is 2.32. The van der Waals surface area contributed by atoms with Gasteiger partial charge in [0.05, 0.1) is 11.9 Å². The summed E-state index contributed by atoms with van der Waals surface area (Å²) >= 11 is 1.56. The van der Waals surface area contributed by atoms with Gasteiger partial charge in [-0.2, -0.15) is 11.8 Å². The number of sulfonamides is 1. The van der Waals surface area contributed by atoms with Crippen molar-refractivity contribution in [3.8, 4) is 0 Å². The van der Waals surface area contributed by atoms with Crippen LogP contribution in [0.4, 0.5) is 0 Å². The predicted octanol–water partition coefficient (Wildman–Crippen LogP) is -0.0655. The Morgan fingerprint density at radius 1 is 1.45 bits per heavy atom. The largest absolute Gasteiger partial charge is 0.391 e. The number of hydrogen-bond acceptors (Lipinski definition) is 5. The number of carbonyl (C=O) groups is 1. The Morgan fingerprint density at radius 2 is 2.10 bits per heavy atom. The van der Waals surface area contributed by atoms with Gasteiger partial charge in [-0.1, -0.05) is 0 Å². The van der Waals surface area contributed by atoms with Crippen molar-refractivity contribution in [3.05, 3.63) is 0 Å². The Bertz CT molecular complexity index is 410. The average molecular weight is 324 g/mol. The first-order chi connectivity index (χ1) is 9.39. The molecule has 0 bridgehead atoms. The lowest BCUT2D eigenvalue weighted by Crippen LogP contribution is -2.49. The number of thioether (sulfide) groups is 1. The maximum Gasteiger partial charge on any atom is 0.238 e. The molecule has 0 heterocycles. The van der Waals surface area contributed by atoms with Gasteiger partial charge in [-0.05, 0) is 44.1 Å². The summed E-state index contributed by atoms with van der Waals surface area (Å²) in [6.45, 7) is 1.72. The van der Waals surface area contributed by atoms with Crippen molar-refractivity contribution in [1.29, 1.82) is 0 Å². The highest BCUT2D eigenvalue weighted by atomic mass is 32.2. The molecule has 2 atom stereocenters. The van der Waals surface area contributed by atoms with Gasteiger partial charge in [0, 0.05) is 6.54 Å². The number of amides is 1. The van der Waals surface area contributed by atoms with Crippen LogP contribution in [0.3, 0.4) is 0 Å². The van der Waals surface area contributed by atoms with Crippen molar-refractivity contribution in [2.45, 2.75) is 38.3 Å². The van der Waals surface area contributed by atoms with Crippen molar-refractivity contribution in [3.63, 3.8) is 0 Å². The van der Waals surface area contributed by atoms with E-state index in [1.165, 1.54) is 6.92 Å². The molecule has 118 valence electrons. The molecule has 0 radical (unpaired) electrons. The SMILES string of the molecule is CCS(=O)(=O)NC(CCSC)C(=O)NCC(O)C1CC1. The fraction of sp³-hybridized carbons (Fsp3) is 0.917. The number of aliphatic hydroxyl groups excluding tert-OH is 1. The van der Waals surface area contributed by atoms with Crippen LogP contribution in [-0.4, -0.2) is 55.9 Å². The van der Waals surface area contributed by atoms with Gasteiger partial charge in [-0.15, -0.1) is 0 Å². The first-order valence-corrected chi connectivity index (χ1v) is 9.89. The van der Waals surface area contributed by atoms with Crippen LogP contribution < -0.4 is 10.0 Å². The number of rotatable bonds is 10. The number of aliphatic hydroxyl groups is 1. The molecule has 0 aromatic heterocycles. The number of carbonyl (C=O) groups excluding carboxylic acids is 1. The van der Waals surface area contributed by atoms with E-state index in [0.717, 1.165) is 12.8 Å². The molecular weight excluding hydrogens is 300 g/mol. The van der Waals surface area contributed by atoms with Crippen molar-refractivity contribution >= 4 is 27.7 Å². The first-order valence-electron chi connectivity index (χ1n) is 6.84. The van der Waals surface area contributed by atoms with E-state index in [4.69, 9.17) is 0 Å². The Hall–Kier alpha value is -0.310. The molecule has 0 aromatic carbocycles. The zero-order valence-electron chi connectivity index (χ0n) is 12.0. The van der Waals surface area contributed by atoms with Crippen molar-refractivity contribution in [1.82, 2.24) is 10.0 Å². The fourth-order valence-electron chi connectivity index (χ4n) is 1.76. The molecule has 1 saturated carbocycles. The maximum absolute atomic E-state index is 12.0. The number of hydrogen-bond donors (Lipinski definition) is 3. The van der Waals surface area contributed by atoms with Gasteiger partial charge < -0.3 is 10.4 Å². The molecule has 0 saturated heterocycles. The van der Waals surface area contributed by atoms with Crippen LogP contribution in [0.15, 0.2) is 0 Å². The molecule has 1 rings (SSSR count). The second kappa shape index (κ2) is 8.21. The Balaban J connectivity index is 2.49. The van der Waals surface area contributed by atoms with Crippen molar-refractivity contribution in [2.75, 3.05) is 24.3 Å². The Labute approximate surface area is 125 Å².